The highest BCUT2D eigenvalue weighted by Crippen LogP contribution is 2.17. The molecule has 5 nitrogen and oxygen atoms in total. The lowest BCUT2D eigenvalue weighted by atomic mass is 10.2. The standard InChI is InChI=1S/C14H21FN2O3S/c15-13-5-4-12(11-18)14(10-13)21(19,20)16-6-3-9-17-7-1-2-8-17/h4-5,10,16,18H,1-3,6-9,11H2. The molecule has 1 aliphatic heterocycles. The van der Waals surface area contributed by atoms with E-state index in [1.165, 1.54) is 18.9 Å². The van der Waals surface area contributed by atoms with Gasteiger partial charge in [0.25, 0.3) is 0 Å². The summed E-state index contributed by atoms with van der Waals surface area (Å²) in [4.78, 5) is 2.11. The minimum atomic E-state index is -3.79. The second kappa shape index (κ2) is 7.31. The van der Waals surface area contributed by atoms with Gasteiger partial charge in [0.05, 0.1) is 11.5 Å². The predicted molar refractivity (Wildman–Crippen MR) is 77.8 cm³/mol. The normalized spacial score (nSPS) is 16.5. The number of nitrogens with zero attached hydrogens (tertiary/aromatic N) is 1. The summed E-state index contributed by atoms with van der Waals surface area (Å²) >= 11 is 0. The molecule has 0 saturated carbocycles. The highest BCUT2D eigenvalue weighted by Gasteiger charge is 2.19. The number of rotatable bonds is 7. The molecule has 1 aliphatic rings. The molecule has 1 saturated heterocycles. The first-order valence-corrected chi connectivity index (χ1v) is 8.62. The van der Waals surface area contributed by atoms with Crippen LogP contribution in [0.15, 0.2) is 23.1 Å². The second-order valence-corrected chi connectivity index (χ2v) is 6.95. The first kappa shape index (κ1) is 16.4. The zero-order valence-corrected chi connectivity index (χ0v) is 12.7. The van der Waals surface area contributed by atoms with Crippen molar-refractivity contribution in [2.45, 2.75) is 30.8 Å². The largest absolute Gasteiger partial charge is 0.392 e. The van der Waals surface area contributed by atoms with Crippen LogP contribution < -0.4 is 4.72 Å². The average Bonchev–Trinajstić information content (AvgIpc) is 2.97. The fourth-order valence-corrected chi connectivity index (χ4v) is 3.82. The first-order valence-electron chi connectivity index (χ1n) is 7.14. The number of hydrogen-bond acceptors (Lipinski definition) is 4. The highest BCUT2D eigenvalue weighted by molar-refractivity contribution is 7.89. The fourth-order valence-electron chi connectivity index (χ4n) is 2.50. The molecule has 1 aromatic rings. The predicted octanol–water partition coefficient (Wildman–Crippen LogP) is 1.08. The molecule has 21 heavy (non-hydrogen) atoms. The Morgan fingerprint density at radius 2 is 2.00 bits per heavy atom. The molecule has 0 spiro atoms. The summed E-state index contributed by atoms with van der Waals surface area (Å²) < 4.78 is 40.0. The summed E-state index contributed by atoms with van der Waals surface area (Å²) in [5.74, 6) is -0.635. The lowest BCUT2D eigenvalue weighted by molar-refractivity contribution is 0.278. The zero-order chi connectivity index (χ0) is 15.3. The molecular formula is C14H21FN2O3S. The number of hydrogen-bond donors (Lipinski definition) is 2. The van der Waals surface area contributed by atoms with Gasteiger partial charge in [-0.25, -0.2) is 17.5 Å². The van der Waals surface area contributed by atoms with Crippen LogP contribution in [0.25, 0.3) is 0 Å². The molecule has 0 aromatic heterocycles. The van der Waals surface area contributed by atoms with Gasteiger partial charge < -0.3 is 10.0 Å². The van der Waals surface area contributed by atoms with E-state index in [0.717, 1.165) is 31.8 Å². The summed E-state index contributed by atoms with van der Waals surface area (Å²) in [5.41, 5.74) is 0.198. The summed E-state index contributed by atoms with van der Waals surface area (Å²) in [6, 6.07) is 3.36. The van der Waals surface area contributed by atoms with Crippen molar-refractivity contribution in [3.63, 3.8) is 0 Å². The Kier molecular flexibility index (Phi) is 5.69. The molecule has 2 rings (SSSR count). The van der Waals surface area contributed by atoms with E-state index in [2.05, 4.69) is 9.62 Å². The van der Waals surface area contributed by atoms with Crippen molar-refractivity contribution >= 4 is 10.0 Å². The van der Waals surface area contributed by atoms with Crippen molar-refractivity contribution in [3.8, 4) is 0 Å². The molecule has 0 unspecified atom stereocenters. The molecule has 7 heteroatoms. The third kappa shape index (κ3) is 4.47. The van der Waals surface area contributed by atoms with Crippen LogP contribution in [-0.4, -0.2) is 44.6 Å². The minimum absolute atomic E-state index is 0.189. The Labute approximate surface area is 124 Å². The van der Waals surface area contributed by atoms with Crippen LogP contribution >= 0.6 is 0 Å². The maximum atomic E-state index is 13.2. The van der Waals surface area contributed by atoms with Crippen LogP contribution in [0.1, 0.15) is 24.8 Å². The summed E-state index contributed by atoms with van der Waals surface area (Å²) in [5, 5.41) is 9.17. The van der Waals surface area contributed by atoms with Gasteiger partial charge in [0, 0.05) is 6.54 Å². The molecule has 1 aromatic carbocycles. The van der Waals surface area contributed by atoms with E-state index < -0.39 is 22.4 Å². The third-order valence-corrected chi connectivity index (χ3v) is 5.17. The average molecular weight is 316 g/mol. The number of sulfonamides is 1. The number of aliphatic hydroxyl groups excluding tert-OH is 1. The molecule has 0 radical (unpaired) electrons. The van der Waals surface area contributed by atoms with Crippen LogP contribution in [0.5, 0.6) is 0 Å². The molecule has 2 N–H and O–H groups in total. The van der Waals surface area contributed by atoms with Crippen LogP contribution in [0.4, 0.5) is 4.39 Å². The minimum Gasteiger partial charge on any atom is -0.392 e. The van der Waals surface area contributed by atoms with Gasteiger partial charge in [0.15, 0.2) is 0 Å². The van der Waals surface area contributed by atoms with Gasteiger partial charge in [-0.1, -0.05) is 6.07 Å². The maximum Gasteiger partial charge on any atom is 0.241 e. The number of benzene rings is 1. The molecule has 118 valence electrons. The topological polar surface area (TPSA) is 69.6 Å². The van der Waals surface area contributed by atoms with Crippen molar-refractivity contribution in [1.29, 1.82) is 0 Å². The van der Waals surface area contributed by atoms with Gasteiger partial charge >= 0.3 is 0 Å². The van der Waals surface area contributed by atoms with Gasteiger partial charge in [0.2, 0.25) is 10.0 Å². The Balaban J connectivity index is 1.93. The molecule has 1 fully saturated rings. The second-order valence-electron chi connectivity index (χ2n) is 5.21. The van der Waals surface area contributed by atoms with E-state index in [1.807, 2.05) is 0 Å². The molecule has 0 aliphatic carbocycles. The Morgan fingerprint density at radius 3 is 2.67 bits per heavy atom. The Hall–Kier alpha value is -1.02. The van der Waals surface area contributed by atoms with E-state index in [0.29, 0.717) is 13.0 Å². The molecule has 0 amide bonds. The van der Waals surface area contributed by atoms with Gasteiger partial charge in [-0.3, -0.25) is 0 Å². The Morgan fingerprint density at radius 1 is 1.29 bits per heavy atom. The lowest BCUT2D eigenvalue weighted by Crippen LogP contribution is -2.29. The van der Waals surface area contributed by atoms with Gasteiger partial charge in [-0.2, -0.15) is 0 Å². The molecule has 0 bridgehead atoms. The van der Waals surface area contributed by atoms with Crippen molar-refractivity contribution < 1.29 is 17.9 Å². The number of likely N-dealkylation sites (tertiary alicyclic amines) is 1. The van der Waals surface area contributed by atoms with Crippen molar-refractivity contribution in [2.24, 2.45) is 0 Å². The smallest absolute Gasteiger partial charge is 0.241 e. The SMILES string of the molecule is O=S(=O)(NCCCN1CCCC1)c1cc(F)ccc1CO. The number of halogens is 1. The highest BCUT2D eigenvalue weighted by atomic mass is 32.2. The monoisotopic (exact) mass is 316 g/mol. The van der Waals surface area contributed by atoms with Crippen molar-refractivity contribution in [1.82, 2.24) is 9.62 Å². The lowest BCUT2D eigenvalue weighted by Gasteiger charge is -2.15. The maximum absolute atomic E-state index is 13.2. The Bertz CT molecular complexity index is 572. The zero-order valence-electron chi connectivity index (χ0n) is 11.9. The van der Waals surface area contributed by atoms with Crippen LogP contribution in [-0.2, 0) is 16.6 Å². The van der Waals surface area contributed by atoms with Crippen LogP contribution in [0.2, 0.25) is 0 Å². The summed E-state index contributed by atoms with van der Waals surface area (Å²) in [6.07, 6.45) is 3.12. The molecule has 0 atom stereocenters. The van der Waals surface area contributed by atoms with E-state index in [1.54, 1.807) is 0 Å². The first-order chi connectivity index (χ1) is 10.0. The number of nitrogens with one attached hydrogen (secondary N) is 1. The van der Waals surface area contributed by atoms with Crippen LogP contribution in [0, 0.1) is 5.82 Å². The van der Waals surface area contributed by atoms with E-state index in [-0.39, 0.29) is 10.5 Å². The summed E-state index contributed by atoms with van der Waals surface area (Å²) in [7, 11) is -3.79. The van der Waals surface area contributed by atoms with Crippen LogP contribution in [0.3, 0.4) is 0 Å². The molecular weight excluding hydrogens is 295 g/mol. The fraction of sp³-hybridized carbons (Fsp3) is 0.571. The van der Waals surface area contributed by atoms with E-state index >= 15 is 0 Å². The van der Waals surface area contributed by atoms with E-state index in [4.69, 9.17) is 5.11 Å². The number of aliphatic hydroxyl groups is 1. The van der Waals surface area contributed by atoms with Crippen molar-refractivity contribution in [3.05, 3.63) is 29.6 Å². The third-order valence-electron chi connectivity index (χ3n) is 3.63. The van der Waals surface area contributed by atoms with E-state index in [9.17, 15) is 12.8 Å². The van der Waals surface area contributed by atoms with Gasteiger partial charge in [-0.05, 0) is 56.6 Å². The van der Waals surface area contributed by atoms with Gasteiger partial charge in [0.1, 0.15) is 5.82 Å². The van der Waals surface area contributed by atoms with Gasteiger partial charge in [-0.15, -0.1) is 0 Å². The quantitative estimate of drug-likeness (QED) is 0.739. The molecule has 1 heterocycles. The summed E-state index contributed by atoms with van der Waals surface area (Å²) in [6.45, 7) is 2.87. The van der Waals surface area contributed by atoms with Crippen molar-refractivity contribution in [2.75, 3.05) is 26.2 Å².